The summed E-state index contributed by atoms with van der Waals surface area (Å²) in [5, 5.41) is 2.63. The van der Waals surface area contributed by atoms with Crippen LogP contribution in [0, 0.1) is 5.41 Å². The van der Waals surface area contributed by atoms with Crippen LogP contribution in [-0.4, -0.2) is 42.2 Å². The summed E-state index contributed by atoms with van der Waals surface area (Å²) in [7, 11) is 0. The van der Waals surface area contributed by atoms with Gasteiger partial charge < -0.3 is 14.6 Å². The summed E-state index contributed by atoms with van der Waals surface area (Å²) < 4.78 is 83.6. The van der Waals surface area contributed by atoms with Crippen molar-refractivity contribution in [3.8, 4) is 0 Å². The van der Waals surface area contributed by atoms with Gasteiger partial charge in [0.1, 0.15) is 0 Å². The molecule has 3 rings (SSSR count). The number of likely N-dealkylation sites (tertiary alicyclic amines) is 1. The first-order valence-electron chi connectivity index (χ1n) is 7.82. The van der Waals surface area contributed by atoms with Crippen molar-refractivity contribution in [2.24, 2.45) is 5.41 Å². The van der Waals surface area contributed by atoms with Crippen LogP contribution in [0.25, 0.3) is 0 Å². The van der Waals surface area contributed by atoms with Gasteiger partial charge in [-0.05, 0) is 30.7 Å². The number of thiophene rings is 1. The van der Waals surface area contributed by atoms with Crippen LogP contribution in [0.4, 0.5) is 31.3 Å². The molecule has 1 aliphatic rings. The van der Waals surface area contributed by atoms with Crippen molar-refractivity contribution in [1.29, 1.82) is 0 Å². The number of furan rings is 1. The second-order valence-electron chi connectivity index (χ2n) is 6.15. The van der Waals surface area contributed by atoms with Crippen LogP contribution in [0.1, 0.15) is 26.6 Å². The van der Waals surface area contributed by atoms with E-state index >= 15 is 0 Å². The average Bonchev–Trinajstić information content (AvgIpc) is 3.32. The van der Waals surface area contributed by atoms with Gasteiger partial charge in [-0.15, -0.1) is 11.3 Å². The Morgan fingerprint density at radius 3 is 2.32 bits per heavy atom. The molecule has 0 saturated carbocycles. The highest BCUT2D eigenvalue weighted by Gasteiger charge is 2.72. The predicted molar refractivity (Wildman–Crippen MR) is 86.0 cm³/mol. The molecule has 1 N–H and O–H groups in total. The molecule has 0 radical (unpaired) electrons. The van der Waals surface area contributed by atoms with Crippen LogP contribution in [-0.2, 0) is 0 Å². The topological polar surface area (TPSA) is 62.6 Å². The minimum Gasteiger partial charge on any atom is -0.459 e. The molecule has 28 heavy (non-hydrogen) atoms. The van der Waals surface area contributed by atoms with E-state index in [9.17, 15) is 35.9 Å². The van der Waals surface area contributed by atoms with Crippen LogP contribution in [0.5, 0.6) is 0 Å². The van der Waals surface area contributed by atoms with E-state index in [1.807, 2.05) is 0 Å². The van der Waals surface area contributed by atoms with Crippen LogP contribution < -0.4 is 5.32 Å². The maximum Gasteiger partial charge on any atom is 0.404 e. The van der Waals surface area contributed by atoms with Crippen molar-refractivity contribution in [3.63, 3.8) is 0 Å². The van der Waals surface area contributed by atoms with Gasteiger partial charge in [0.25, 0.3) is 11.8 Å². The van der Waals surface area contributed by atoms with Crippen LogP contribution in [0.3, 0.4) is 0 Å². The number of amides is 2. The van der Waals surface area contributed by atoms with Crippen LogP contribution >= 0.6 is 11.3 Å². The van der Waals surface area contributed by atoms with Gasteiger partial charge in [0.15, 0.2) is 11.2 Å². The SMILES string of the molecule is O=C(Nc1ccc(C(=O)N2CCC(C(F)(F)F)(C(F)(F)F)C2)s1)c1ccco1. The van der Waals surface area contributed by atoms with Gasteiger partial charge in [0.05, 0.1) is 16.1 Å². The lowest BCUT2D eigenvalue weighted by atomic mass is 9.85. The summed E-state index contributed by atoms with van der Waals surface area (Å²) in [6.07, 6.45) is -11.0. The molecule has 1 saturated heterocycles. The highest BCUT2D eigenvalue weighted by Crippen LogP contribution is 2.55. The van der Waals surface area contributed by atoms with E-state index in [1.165, 1.54) is 30.5 Å². The summed E-state index contributed by atoms with van der Waals surface area (Å²) in [4.78, 5) is 24.7. The van der Waals surface area contributed by atoms with Crippen LogP contribution in [0.2, 0.25) is 0 Å². The highest BCUT2D eigenvalue weighted by atomic mass is 32.1. The zero-order valence-electron chi connectivity index (χ0n) is 13.9. The summed E-state index contributed by atoms with van der Waals surface area (Å²) in [5.74, 6) is -1.57. The quantitative estimate of drug-likeness (QED) is 0.733. The second-order valence-corrected chi connectivity index (χ2v) is 7.23. The van der Waals surface area contributed by atoms with E-state index in [-0.39, 0.29) is 15.6 Å². The number of hydrogen-bond donors (Lipinski definition) is 1. The molecule has 0 unspecified atom stereocenters. The van der Waals surface area contributed by atoms with Crippen molar-refractivity contribution >= 4 is 28.2 Å². The minimum atomic E-state index is -5.53. The van der Waals surface area contributed by atoms with E-state index in [4.69, 9.17) is 4.42 Å². The van der Waals surface area contributed by atoms with Gasteiger partial charge in [-0.25, -0.2) is 0 Å². The van der Waals surface area contributed by atoms with E-state index in [2.05, 4.69) is 5.32 Å². The molecule has 0 aromatic carbocycles. The average molecular weight is 426 g/mol. The lowest BCUT2D eigenvalue weighted by molar-refractivity contribution is -0.334. The molecular weight excluding hydrogens is 414 g/mol. The fraction of sp³-hybridized carbons (Fsp3) is 0.375. The Morgan fingerprint density at radius 1 is 1.11 bits per heavy atom. The van der Waals surface area contributed by atoms with E-state index in [0.717, 1.165) is 11.3 Å². The number of alkyl halides is 6. The van der Waals surface area contributed by atoms with Gasteiger partial charge in [-0.1, -0.05) is 0 Å². The molecular formula is C16H12F6N2O3S. The molecule has 3 heterocycles. The van der Waals surface area contributed by atoms with Crippen molar-refractivity contribution in [2.75, 3.05) is 18.4 Å². The van der Waals surface area contributed by atoms with Crippen LogP contribution in [0.15, 0.2) is 34.9 Å². The smallest absolute Gasteiger partial charge is 0.404 e. The summed E-state index contributed by atoms with van der Waals surface area (Å²) in [5.41, 5.74) is -3.94. The van der Waals surface area contributed by atoms with Gasteiger partial charge in [0, 0.05) is 13.1 Å². The predicted octanol–water partition coefficient (Wildman–Crippen LogP) is 4.55. The largest absolute Gasteiger partial charge is 0.459 e. The Balaban J connectivity index is 1.73. The number of nitrogens with zero attached hydrogens (tertiary/aromatic N) is 1. The Kier molecular flexibility index (Phi) is 4.94. The van der Waals surface area contributed by atoms with Crippen molar-refractivity contribution in [3.05, 3.63) is 41.2 Å². The maximum atomic E-state index is 13.1. The van der Waals surface area contributed by atoms with E-state index in [1.54, 1.807) is 0 Å². The van der Waals surface area contributed by atoms with Gasteiger partial charge in [0.2, 0.25) is 0 Å². The third kappa shape index (κ3) is 3.48. The molecule has 1 aliphatic heterocycles. The zero-order valence-corrected chi connectivity index (χ0v) is 14.7. The van der Waals surface area contributed by atoms with Crippen molar-refractivity contribution in [2.45, 2.75) is 18.8 Å². The van der Waals surface area contributed by atoms with Gasteiger partial charge in [-0.3, -0.25) is 9.59 Å². The Morgan fingerprint density at radius 2 is 1.79 bits per heavy atom. The second kappa shape index (κ2) is 6.83. The molecule has 152 valence electrons. The molecule has 0 aliphatic carbocycles. The standard InChI is InChI=1S/C16H12F6N2O3S/c17-15(18,19)14(16(20,21)22)5-6-24(8-14)13(26)10-3-4-11(28-10)23-12(25)9-2-1-7-27-9/h1-4,7H,5-6,8H2,(H,23,25). The third-order valence-electron chi connectivity index (χ3n) is 4.44. The minimum absolute atomic E-state index is 0.000887. The maximum absolute atomic E-state index is 13.1. The van der Waals surface area contributed by atoms with Crippen molar-refractivity contribution in [1.82, 2.24) is 4.90 Å². The fourth-order valence-electron chi connectivity index (χ4n) is 2.86. The van der Waals surface area contributed by atoms with E-state index < -0.39 is 49.1 Å². The molecule has 12 heteroatoms. The van der Waals surface area contributed by atoms with Crippen molar-refractivity contribution < 1.29 is 40.3 Å². The Labute approximate surface area is 157 Å². The first kappa shape index (κ1) is 20.2. The number of nitrogens with one attached hydrogen (secondary N) is 1. The third-order valence-corrected chi connectivity index (χ3v) is 5.43. The first-order valence-corrected chi connectivity index (χ1v) is 8.64. The zero-order chi connectivity index (χ0) is 20.7. The monoisotopic (exact) mass is 426 g/mol. The summed E-state index contributed by atoms with van der Waals surface area (Å²) in [6, 6.07) is 5.44. The molecule has 0 atom stereocenters. The number of carbonyl (C=O) groups is 2. The molecule has 0 bridgehead atoms. The fourth-order valence-corrected chi connectivity index (χ4v) is 3.73. The summed E-state index contributed by atoms with van der Waals surface area (Å²) >= 11 is 0.741. The number of anilines is 1. The molecule has 2 aromatic heterocycles. The molecule has 1 fully saturated rings. The number of rotatable bonds is 3. The number of halogens is 6. The Hall–Kier alpha value is -2.50. The van der Waals surface area contributed by atoms with Gasteiger partial charge >= 0.3 is 12.4 Å². The highest BCUT2D eigenvalue weighted by molar-refractivity contribution is 7.18. The normalized spacial score (nSPS) is 17.0. The summed E-state index contributed by atoms with van der Waals surface area (Å²) in [6.45, 7) is -2.17. The molecule has 0 spiro atoms. The van der Waals surface area contributed by atoms with Gasteiger partial charge in [-0.2, -0.15) is 26.3 Å². The number of carbonyl (C=O) groups excluding carboxylic acids is 2. The molecule has 5 nitrogen and oxygen atoms in total. The lowest BCUT2D eigenvalue weighted by Gasteiger charge is -2.33. The van der Waals surface area contributed by atoms with E-state index in [0.29, 0.717) is 4.90 Å². The molecule has 2 aromatic rings. The number of hydrogen-bond acceptors (Lipinski definition) is 4. The molecule has 2 amide bonds. The first-order chi connectivity index (χ1) is 12.9. The Bertz CT molecular complexity index is 858. The lowest BCUT2D eigenvalue weighted by Crippen LogP contribution is -2.52.